The molecule has 1 fully saturated rings. The van der Waals surface area contributed by atoms with Gasteiger partial charge in [-0.15, -0.1) is 0 Å². The van der Waals surface area contributed by atoms with Gasteiger partial charge in [0.25, 0.3) is 0 Å². The maximum absolute atomic E-state index is 12.7. The maximum Gasteiger partial charge on any atom is 0.313 e. The molecule has 0 aromatic heterocycles. The number of carbonyl (C=O) groups is 2. The second-order valence-electron chi connectivity index (χ2n) is 9.26. The third kappa shape index (κ3) is 4.82. The number of ether oxygens (including phenoxy) is 2. The Hall–Kier alpha value is -3.26. The molecule has 0 radical (unpaired) electrons. The molecule has 3 aliphatic heterocycles. The van der Waals surface area contributed by atoms with Gasteiger partial charge in [0, 0.05) is 37.6 Å². The topological polar surface area (TPSA) is 83.1 Å². The minimum Gasteiger partial charge on any atom is -0.454 e. The molecule has 1 saturated heterocycles. The van der Waals surface area contributed by atoms with E-state index in [1.165, 1.54) is 23.2 Å². The third-order valence-corrected chi connectivity index (χ3v) is 6.96. The number of aryl methyl sites for hydroxylation is 1. The summed E-state index contributed by atoms with van der Waals surface area (Å²) >= 11 is 0. The number of nitrogens with zero attached hydrogens (tertiary/aromatic N) is 2. The molecule has 34 heavy (non-hydrogen) atoms. The molecular formula is C26H32N4O4. The van der Waals surface area contributed by atoms with E-state index in [2.05, 4.69) is 45.7 Å². The minimum absolute atomic E-state index is 0.0418. The molecule has 0 unspecified atom stereocenters. The molecule has 2 aromatic rings. The largest absolute Gasteiger partial charge is 0.454 e. The summed E-state index contributed by atoms with van der Waals surface area (Å²) < 4.78 is 10.6. The number of piperidine rings is 1. The molecule has 2 amide bonds. The van der Waals surface area contributed by atoms with Gasteiger partial charge < -0.3 is 25.0 Å². The first-order valence-electron chi connectivity index (χ1n) is 12.2. The van der Waals surface area contributed by atoms with Crippen LogP contribution in [0.4, 0.5) is 11.4 Å². The smallest absolute Gasteiger partial charge is 0.313 e. The van der Waals surface area contributed by atoms with Crippen molar-refractivity contribution in [1.82, 2.24) is 10.2 Å². The zero-order valence-electron chi connectivity index (χ0n) is 19.6. The number of benzene rings is 2. The third-order valence-electron chi connectivity index (χ3n) is 6.96. The first-order chi connectivity index (χ1) is 16.6. The van der Waals surface area contributed by atoms with Gasteiger partial charge in [0.05, 0.1) is 6.04 Å². The highest BCUT2D eigenvalue weighted by Crippen LogP contribution is 2.34. The number of carbonyl (C=O) groups excluding carboxylic acids is 2. The van der Waals surface area contributed by atoms with Crippen LogP contribution in [-0.2, 0) is 16.0 Å². The number of hydrogen-bond donors (Lipinski definition) is 2. The van der Waals surface area contributed by atoms with Crippen molar-refractivity contribution in [3.05, 3.63) is 47.5 Å². The van der Waals surface area contributed by atoms with Crippen molar-refractivity contribution in [2.24, 2.45) is 0 Å². The average molecular weight is 465 g/mol. The van der Waals surface area contributed by atoms with E-state index in [4.69, 9.17) is 9.47 Å². The fourth-order valence-corrected chi connectivity index (χ4v) is 5.13. The highest BCUT2D eigenvalue weighted by atomic mass is 16.7. The molecule has 2 aromatic carbocycles. The summed E-state index contributed by atoms with van der Waals surface area (Å²) in [7, 11) is 2.14. The molecule has 3 heterocycles. The summed E-state index contributed by atoms with van der Waals surface area (Å²) in [5.41, 5.74) is 4.35. The highest BCUT2D eigenvalue weighted by Gasteiger charge is 2.26. The van der Waals surface area contributed by atoms with E-state index in [0.717, 1.165) is 45.3 Å². The van der Waals surface area contributed by atoms with Gasteiger partial charge >= 0.3 is 11.8 Å². The minimum atomic E-state index is -0.691. The lowest BCUT2D eigenvalue weighted by molar-refractivity contribution is -0.136. The highest BCUT2D eigenvalue weighted by molar-refractivity contribution is 6.39. The number of anilines is 2. The fraction of sp³-hybridized carbons (Fsp3) is 0.462. The van der Waals surface area contributed by atoms with Gasteiger partial charge in [-0.25, -0.2) is 0 Å². The molecule has 0 spiro atoms. The first-order valence-corrected chi connectivity index (χ1v) is 12.2. The Morgan fingerprint density at radius 1 is 0.941 bits per heavy atom. The van der Waals surface area contributed by atoms with E-state index >= 15 is 0 Å². The molecular weight excluding hydrogens is 432 g/mol. The number of nitrogens with one attached hydrogen (secondary N) is 2. The molecule has 0 bridgehead atoms. The fourth-order valence-electron chi connectivity index (χ4n) is 5.13. The molecule has 5 rings (SSSR count). The zero-order valence-corrected chi connectivity index (χ0v) is 19.6. The van der Waals surface area contributed by atoms with Crippen molar-refractivity contribution >= 4 is 23.2 Å². The zero-order chi connectivity index (χ0) is 23.5. The standard InChI is InChI=1S/C26H32N4O4/c1-29-11-5-6-18-14-19(7-9-21(18)29)22(30-12-3-2-4-13-30)16-27-25(31)26(32)28-20-8-10-23-24(15-20)34-17-33-23/h7-10,14-15,22H,2-6,11-13,16-17H2,1H3,(H,27,31)(H,28,32)/t22-/m0/s1. The van der Waals surface area contributed by atoms with E-state index in [0.29, 0.717) is 23.7 Å². The summed E-state index contributed by atoms with van der Waals surface area (Å²) in [6.07, 6.45) is 5.77. The van der Waals surface area contributed by atoms with E-state index in [-0.39, 0.29) is 12.8 Å². The van der Waals surface area contributed by atoms with Crippen molar-refractivity contribution in [3.8, 4) is 11.5 Å². The van der Waals surface area contributed by atoms with Crippen molar-refractivity contribution < 1.29 is 19.1 Å². The SMILES string of the molecule is CN1CCCc2cc([C@H](CNC(=O)C(=O)Nc3ccc4c(c3)OCO4)N3CCCCC3)ccc21. The molecule has 2 N–H and O–H groups in total. The van der Waals surface area contributed by atoms with Gasteiger partial charge in [-0.1, -0.05) is 18.6 Å². The lowest BCUT2D eigenvalue weighted by Crippen LogP contribution is -2.43. The van der Waals surface area contributed by atoms with Crippen molar-refractivity contribution in [1.29, 1.82) is 0 Å². The summed E-state index contributed by atoms with van der Waals surface area (Å²) in [4.78, 5) is 30.0. The van der Waals surface area contributed by atoms with Crippen LogP contribution >= 0.6 is 0 Å². The van der Waals surface area contributed by atoms with E-state index in [1.54, 1.807) is 18.2 Å². The van der Waals surface area contributed by atoms with E-state index in [9.17, 15) is 9.59 Å². The molecule has 0 aliphatic carbocycles. The summed E-state index contributed by atoms with van der Waals surface area (Å²) in [5, 5.41) is 5.54. The van der Waals surface area contributed by atoms with Crippen LogP contribution in [0.25, 0.3) is 0 Å². The molecule has 8 heteroatoms. The van der Waals surface area contributed by atoms with Crippen LogP contribution in [0.2, 0.25) is 0 Å². The maximum atomic E-state index is 12.7. The number of amides is 2. The Morgan fingerprint density at radius 2 is 1.76 bits per heavy atom. The van der Waals surface area contributed by atoms with Crippen LogP contribution < -0.4 is 25.0 Å². The first kappa shape index (κ1) is 22.5. The number of hydrogen-bond acceptors (Lipinski definition) is 6. The molecule has 8 nitrogen and oxygen atoms in total. The Bertz CT molecular complexity index is 1070. The van der Waals surface area contributed by atoms with Crippen LogP contribution in [0, 0.1) is 0 Å². The van der Waals surface area contributed by atoms with Gasteiger partial charge in [-0.05, 0) is 68.1 Å². The lowest BCUT2D eigenvalue weighted by atomic mass is 9.95. The Kier molecular flexibility index (Phi) is 6.58. The Labute approximate surface area is 200 Å². The van der Waals surface area contributed by atoms with Crippen LogP contribution in [0.5, 0.6) is 11.5 Å². The second kappa shape index (κ2) is 9.93. The normalized spacial score (nSPS) is 18.2. The predicted octanol–water partition coefficient (Wildman–Crippen LogP) is 3.08. The molecule has 180 valence electrons. The second-order valence-corrected chi connectivity index (χ2v) is 9.26. The summed E-state index contributed by atoms with van der Waals surface area (Å²) in [6, 6.07) is 11.8. The summed E-state index contributed by atoms with van der Waals surface area (Å²) in [5.74, 6) is -0.148. The van der Waals surface area contributed by atoms with Crippen LogP contribution in [-0.4, -0.2) is 56.7 Å². The monoisotopic (exact) mass is 464 g/mol. The van der Waals surface area contributed by atoms with Crippen molar-refractivity contribution in [2.45, 2.75) is 38.1 Å². The Balaban J connectivity index is 1.27. The Morgan fingerprint density at radius 3 is 2.62 bits per heavy atom. The van der Waals surface area contributed by atoms with E-state index in [1.807, 2.05) is 0 Å². The van der Waals surface area contributed by atoms with Crippen LogP contribution in [0.1, 0.15) is 42.9 Å². The molecule has 3 aliphatic rings. The van der Waals surface area contributed by atoms with Crippen LogP contribution in [0.3, 0.4) is 0 Å². The number of fused-ring (bicyclic) bond motifs is 2. The summed E-state index contributed by atoms with van der Waals surface area (Å²) in [6.45, 7) is 3.63. The predicted molar refractivity (Wildman–Crippen MR) is 130 cm³/mol. The van der Waals surface area contributed by atoms with Crippen molar-refractivity contribution in [2.75, 3.05) is 50.2 Å². The quantitative estimate of drug-likeness (QED) is 0.662. The van der Waals surface area contributed by atoms with Crippen molar-refractivity contribution in [3.63, 3.8) is 0 Å². The van der Waals surface area contributed by atoms with E-state index < -0.39 is 11.8 Å². The van der Waals surface area contributed by atoms with Gasteiger partial charge in [-0.3, -0.25) is 14.5 Å². The lowest BCUT2D eigenvalue weighted by Gasteiger charge is -2.36. The van der Waals surface area contributed by atoms with Crippen LogP contribution in [0.15, 0.2) is 36.4 Å². The van der Waals surface area contributed by atoms with Gasteiger partial charge in [0.1, 0.15) is 0 Å². The van der Waals surface area contributed by atoms with Gasteiger partial charge in [-0.2, -0.15) is 0 Å². The van der Waals surface area contributed by atoms with Gasteiger partial charge in [0.2, 0.25) is 6.79 Å². The number of rotatable bonds is 5. The average Bonchev–Trinajstić information content (AvgIpc) is 3.33. The molecule has 1 atom stereocenters. The molecule has 0 saturated carbocycles. The number of likely N-dealkylation sites (tertiary alicyclic amines) is 1. The van der Waals surface area contributed by atoms with Gasteiger partial charge in [0.15, 0.2) is 11.5 Å².